The molecule has 0 fully saturated rings. The van der Waals surface area contributed by atoms with Crippen molar-refractivity contribution in [1.29, 1.82) is 0 Å². The van der Waals surface area contributed by atoms with E-state index in [1.165, 1.54) is 0 Å². The Balaban J connectivity index is 2.61. The van der Waals surface area contributed by atoms with E-state index >= 15 is 0 Å². The van der Waals surface area contributed by atoms with Crippen LogP contribution >= 0.6 is 11.6 Å². The largest absolute Gasteiger partial charge is 0.492 e. The molecule has 0 aromatic heterocycles. The van der Waals surface area contributed by atoms with Crippen molar-refractivity contribution in [2.45, 2.75) is 13.3 Å². The molecule has 0 bridgehead atoms. The summed E-state index contributed by atoms with van der Waals surface area (Å²) in [6.45, 7) is 2.03. The van der Waals surface area contributed by atoms with Crippen molar-refractivity contribution >= 4 is 21.6 Å². The van der Waals surface area contributed by atoms with Crippen molar-refractivity contribution in [2.75, 3.05) is 12.4 Å². The van der Waals surface area contributed by atoms with Crippen LogP contribution in [0.2, 0.25) is 5.02 Å². The Morgan fingerprint density at radius 3 is 2.69 bits per heavy atom. The smallest absolute Gasteiger partial charge is 0.212 e. The van der Waals surface area contributed by atoms with E-state index < -0.39 is 10.0 Å². The monoisotopic (exact) mass is 263 g/mol. The van der Waals surface area contributed by atoms with Gasteiger partial charge in [-0.3, -0.25) is 0 Å². The number of benzene rings is 1. The number of sulfonamides is 1. The van der Waals surface area contributed by atoms with Gasteiger partial charge >= 0.3 is 0 Å². The minimum Gasteiger partial charge on any atom is -0.492 e. The van der Waals surface area contributed by atoms with Crippen LogP contribution in [0.25, 0.3) is 0 Å². The molecule has 1 aromatic rings. The lowest BCUT2D eigenvalue weighted by Gasteiger charge is -2.07. The molecule has 0 aliphatic rings. The molecule has 0 radical (unpaired) electrons. The van der Waals surface area contributed by atoms with Crippen LogP contribution in [0.15, 0.2) is 18.2 Å². The van der Waals surface area contributed by atoms with Crippen LogP contribution in [0.1, 0.15) is 12.5 Å². The van der Waals surface area contributed by atoms with Crippen LogP contribution in [-0.2, 0) is 16.4 Å². The lowest BCUT2D eigenvalue weighted by Crippen LogP contribution is -2.21. The second kappa shape index (κ2) is 5.52. The number of nitrogens with two attached hydrogens (primary N) is 1. The maximum absolute atomic E-state index is 10.7. The fraction of sp³-hybridized carbons (Fsp3) is 0.400. The summed E-state index contributed by atoms with van der Waals surface area (Å²) in [5, 5.41) is 5.53. The van der Waals surface area contributed by atoms with E-state index in [-0.39, 0.29) is 12.4 Å². The van der Waals surface area contributed by atoms with E-state index in [4.69, 9.17) is 21.5 Å². The topological polar surface area (TPSA) is 69.4 Å². The highest BCUT2D eigenvalue weighted by molar-refractivity contribution is 7.89. The van der Waals surface area contributed by atoms with Gasteiger partial charge in [-0.15, -0.1) is 0 Å². The van der Waals surface area contributed by atoms with Crippen LogP contribution in [0.4, 0.5) is 0 Å². The van der Waals surface area contributed by atoms with Crippen molar-refractivity contribution in [3.63, 3.8) is 0 Å². The summed E-state index contributed by atoms with van der Waals surface area (Å²) in [7, 11) is -3.47. The average molecular weight is 264 g/mol. The molecule has 0 unspecified atom stereocenters. The van der Waals surface area contributed by atoms with Crippen LogP contribution in [0.3, 0.4) is 0 Å². The van der Waals surface area contributed by atoms with Gasteiger partial charge in [-0.1, -0.05) is 18.5 Å². The number of ether oxygens (including phenoxy) is 1. The maximum Gasteiger partial charge on any atom is 0.212 e. The number of halogens is 1. The second-order valence-electron chi connectivity index (χ2n) is 3.32. The molecule has 90 valence electrons. The van der Waals surface area contributed by atoms with Gasteiger partial charge in [-0.05, 0) is 30.2 Å². The van der Waals surface area contributed by atoms with Crippen LogP contribution in [-0.4, -0.2) is 20.8 Å². The van der Waals surface area contributed by atoms with Crippen LogP contribution < -0.4 is 9.88 Å². The zero-order valence-corrected chi connectivity index (χ0v) is 10.5. The molecule has 0 aliphatic heterocycles. The molecule has 4 nitrogen and oxygen atoms in total. The van der Waals surface area contributed by atoms with Crippen molar-refractivity contribution < 1.29 is 13.2 Å². The molecular weight excluding hydrogens is 250 g/mol. The summed E-state index contributed by atoms with van der Waals surface area (Å²) < 4.78 is 26.6. The molecule has 0 aliphatic carbocycles. The minimum absolute atomic E-state index is 0.0453. The molecule has 0 heterocycles. The number of hydrogen-bond acceptors (Lipinski definition) is 3. The lowest BCUT2D eigenvalue weighted by atomic mass is 10.1. The number of rotatable bonds is 5. The molecular formula is C10H14ClNO3S. The second-order valence-corrected chi connectivity index (χ2v) is 5.46. The van der Waals surface area contributed by atoms with Gasteiger partial charge in [0.05, 0.1) is 5.75 Å². The van der Waals surface area contributed by atoms with Crippen molar-refractivity contribution in [3.8, 4) is 5.75 Å². The van der Waals surface area contributed by atoms with E-state index in [0.717, 1.165) is 12.0 Å². The standard InChI is InChI=1S/C10H14ClNO3S/c1-2-8-7-9(3-4-10(8)11)15-5-6-16(12,13)14/h3-4,7H,2,5-6H2,1H3,(H2,12,13,14). The SMILES string of the molecule is CCc1cc(OCCS(N)(=O)=O)ccc1Cl. The molecule has 0 amide bonds. The fourth-order valence-electron chi connectivity index (χ4n) is 1.19. The molecule has 0 atom stereocenters. The molecule has 2 N–H and O–H groups in total. The molecule has 1 aromatic carbocycles. The highest BCUT2D eigenvalue weighted by atomic mass is 35.5. The van der Waals surface area contributed by atoms with E-state index in [9.17, 15) is 8.42 Å². The van der Waals surface area contributed by atoms with Gasteiger partial charge in [0.25, 0.3) is 0 Å². The number of hydrogen-bond donors (Lipinski definition) is 1. The maximum atomic E-state index is 10.7. The molecule has 0 spiro atoms. The fourth-order valence-corrected chi connectivity index (χ4v) is 1.75. The van der Waals surface area contributed by atoms with E-state index in [0.29, 0.717) is 10.8 Å². The first-order chi connectivity index (χ1) is 7.42. The first kappa shape index (κ1) is 13.3. The van der Waals surface area contributed by atoms with Gasteiger partial charge in [-0.2, -0.15) is 0 Å². The van der Waals surface area contributed by atoms with E-state index in [1.54, 1.807) is 18.2 Å². The Labute approximate surface area is 100 Å². The highest BCUT2D eigenvalue weighted by Gasteiger charge is 2.04. The third kappa shape index (κ3) is 4.38. The van der Waals surface area contributed by atoms with Gasteiger partial charge in [0.1, 0.15) is 12.4 Å². The summed E-state index contributed by atoms with van der Waals surface area (Å²) in [5.41, 5.74) is 0.967. The van der Waals surface area contributed by atoms with E-state index in [2.05, 4.69) is 0 Å². The predicted molar refractivity (Wildman–Crippen MR) is 64.3 cm³/mol. The van der Waals surface area contributed by atoms with Crippen LogP contribution in [0.5, 0.6) is 5.75 Å². The van der Waals surface area contributed by atoms with Gasteiger partial charge in [0, 0.05) is 5.02 Å². The zero-order chi connectivity index (χ0) is 12.2. The Morgan fingerprint density at radius 2 is 2.12 bits per heavy atom. The molecule has 1 rings (SSSR count). The Hall–Kier alpha value is -0.780. The highest BCUT2D eigenvalue weighted by Crippen LogP contribution is 2.22. The summed E-state index contributed by atoms with van der Waals surface area (Å²) in [4.78, 5) is 0. The molecule has 0 saturated carbocycles. The van der Waals surface area contributed by atoms with Crippen molar-refractivity contribution in [2.24, 2.45) is 5.14 Å². The average Bonchev–Trinajstić information content (AvgIpc) is 2.18. The number of primary sulfonamides is 1. The summed E-state index contributed by atoms with van der Waals surface area (Å²) in [5.74, 6) is 0.404. The first-order valence-electron chi connectivity index (χ1n) is 4.84. The predicted octanol–water partition coefficient (Wildman–Crippen LogP) is 1.57. The Morgan fingerprint density at radius 1 is 1.44 bits per heavy atom. The molecule has 16 heavy (non-hydrogen) atoms. The van der Waals surface area contributed by atoms with Crippen LogP contribution in [0, 0.1) is 0 Å². The molecule has 6 heteroatoms. The Kier molecular flexibility index (Phi) is 4.58. The lowest BCUT2D eigenvalue weighted by molar-refractivity contribution is 0.340. The summed E-state index contributed by atoms with van der Waals surface area (Å²) >= 11 is 5.93. The van der Waals surface area contributed by atoms with Gasteiger partial charge in [0.15, 0.2) is 0 Å². The van der Waals surface area contributed by atoms with Crippen molar-refractivity contribution in [3.05, 3.63) is 28.8 Å². The van der Waals surface area contributed by atoms with Gasteiger partial charge < -0.3 is 4.74 Å². The summed E-state index contributed by atoms with van der Waals surface area (Å²) in [6.07, 6.45) is 0.797. The van der Waals surface area contributed by atoms with Crippen molar-refractivity contribution in [1.82, 2.24) is 0 Å². The number of aryl methyl sites for hydroxylation is 1. The zero-order valence-electron chi connectivity index (χ0n) is 8.94. The normalized spacial score (nSPS) is 11.4. The minimum atomic E-state index is -3.47. The quantitative estimate of drug-likeness (QED) is 0.877. The third-order valence-electron chi connectivity index (χ3n) is 2.03. The van der Waals surface area contributed by atoms with Gasteiger partial charge in [0.2, 0.25) is 10.0 Å². The Bertz CT molecular complexity index is 459. The van der Waals surface area contributed by atoms with E-state index in [1.807, 2.05) is 6.92 Å². The van der Waals surface area contributed by atoms with Gasteiger partial charge in [-0.25, -0.2) is 13.6 Å². The summed E-state index contributed by atoms with van der Waals surface area (Å²) in [6, 6.07) is 5.22. The first-order valence-corrected chi connectivity index (χ1v) is 6.93. The molecule has 0 saturated heterocycles. The third-order valence-corrected chi connectivity index (χ3v) is 3.14.